The lowest BCUT2D eigenvalue weighted by atomic mass is 9.98. The number of carbonyl (C=O) groups excluding carboxylic acids is 1. The minimum absolute atomic E-state index is 0.000556. The second-order valence-corrected chi connectivity index (χ2v) is 5.99. The normalized spacial score (nSPS) is 17.8. The van der Waals surface area contributed by atoms with Crippen LogP contribution >= 0.6 is 0 Å². The van der Waals surface area contributed by atoms with Crippen LogP contribution in [-0.4, -0.2) is 39.0 Å². The number of nitrogens with zero attached hydrogens (tertiary/aromatic N) is 4. The SMILES string of the molecule is Cc1noc(C2CCCN(C(=O)/C=C/c3cccc([N+](=O)[O-])c3)C2)n1. The lowest BCUT2D eigenvalue weighted by Gasteiger charge is -2.30. The van der Waals surface area contributed by atoms with Gasteiger partial charge in [-0.3, -0.25) is 14.9 Å². The second kappa shape index (κ2) is 7.25. The number of rotatable bonds is 4. The average Bonchev–Trinajstić information content (AvgIpc) is 3.06. The first-order valence-electron chi connectivity index (χ1n) is 8.04. The van der Waals surface area contributed by atoms with E-state index in [9.17, 15) is 14.9 Å². The van der Waals surface area contributed by atoms with E-state index in [1.807, 2.05) is 0 Å². The standard InChI is InChI=1S/C17H18N4O4/c1-12-18-17(25-19-12)14-5-3-9-20(11-14)16(22)8-7-13-4-2-6-15(10-13)21(23)24/h2,4,6-8,10,14H,3,5,9,11H2,1H3/b8-7+. The number of nitro benzene ring substituents is 1. The molecular formula is C17H18N4O4. The van der Waals surface area contributed by atoms with Gasteiger partial charge in [-0.15, -0.1) is 0 Å². The summed E-state index contributed by atoms with van der Waals surface area (Å²) in [5, 5.41) is 14.6. The van der Waals surface area contributed by atoms with Crippen LogP contribution < -0.4 is 0 Å². The van der Waals surface area contributed by atoms with E-state index in [1.54, 1.807) is 30.0 Å². The Balaban J connectivity index is 1.66. The van der Waals surface area contributed by atoms with E-state index < -0.39 is 4.92 Å². The van der Waals surface area contributed by atoms with Crippen molar-refractivity contribution in [2.24, 2.45) is 0 Å². The maximum Gasteiger partial charge on any atom is 0.270 e. The Kier molecular flexibility index (Phi) is 4.87. The Labute approximate surface area is 144 Å². The average molecular weight is 342 g/mol. The summed E-state index contributed by atoms with van der Waals surface area (Å²) in [6.45, 7) is 2.96. The number of non-ortho nitro benzene ring substituents is 1. The Hall–Kier alpha value is -3.03. The molecule has 2 heterocycles. The summed E-state index contributed by atoms with van der Waals surface area (Å²) in [6.07, 6.45) is 4.80. The van der Waals surface area contributed by atoms with E-state index in [2.05, 4.69) is 10.1 Å². The molecule has 8 heteroatoms. The summed E-state index contributed by atoms with van der Waals surface area (Å²) in [5.41, 5.74) is 0.614. The monoisotopic (exact) mass is 342 g/mol. The fourth-order valence-electron chi connectivity index (χ4n) is 2.87. The van der Waals surface area contributed by atoms with Gasteiger partial charge in [0.15, 0.2) is 5.82 Å². The number of aryl methyl sites for hydroxylation is 1. The van der Waals surface area contributed by atoms with Crippen LogP contribution in [0.3, 0.4) is 0 Å². The van der Waals surface area contributed by atoms with Crippen LogP contribution in [0.5, 0.6) is 0 Å². The van der Waals surface area contributed by atoms with Gasteiger partial charge in [-0.05, 0) is 31.4 Å². The smallest absolute Gasteiger partial charge is 0.270 e. The first kappa shape index (κ1) is 16.8. The van der Waals surface area contributed by atoms with Crippen molar-refractivity contribution < 1.29 is 14.2 Å². The summed E-state index contributed by atoms with van der Waals surface area (Å²) in [7, 11) is 0. The maximum absolute atomic E-state index is 12.4. The highest BCUT2D eigenvalue weighted by molar-refractivity contribution is 5.92. The molecule has 8 nitrogen and oxygen atoms in total. The summed E-state index contributed by atoms with van der Waals surface area (Å²) in [6, 6.07) is 6.17. The molecule has 130 valence electrons. The number of carbonyl (C=O) groups is 1. The number of amides is 1. The number of hydrogen-bond acceptors (Lipinski definition) is 6. The summed E-state index contributed by atoms with van der Waals surface area (Å²) < 4.78 is 5.22. The number of benzene rings is 1. The minimum Gasteiger partial charge on any atom is -0.339 e. The van der Waals surface area contributed by atoms with Gasteiger partial charge in [-0.1, -0.05) is 17.3 Å². The van der Waals surface area contributed by atoms with Gasteiger partial charge in [0.25, 0.3) is 5.69 Å². The van der Waals surface area contributed by atoms with Crippen molar-refractivity contribution in [3.63, 3.8) is 0 Å². The van der Waals surface area contributed by atoms with Crippen molar-refractivity contribution in [1.29, 1.82) is 0 Å². The molecule has 3 rings (SSSR count). The molecule has 1 amide bonds. The van der Waals surface area contributed by atoms with E-state index >= 15 is 0 Å². The fourth-order valence-corrected chi connectivity index (χ4v) is 2.87. The Morgan fingerprint density at radius 2 is 2.32 bits per heavy atom. The predicted molar refractivity (Wildman–Crippen MR) is 89.7 cm³/mol. The van der Waals surface area contributed by atoms with Crippen LogP contribution in [0.4, 0.5) is 5.69 Å². The molecule has 0 bridgehead atoms. The molecule has 25 heavy (non-hydrogen) atoms. The lowest BCUT2D eigenvalue weighted by Crippen LogP contribution is -2.38. The van der Waals surface area contributed by atoms with Crippen LogP contribution in [0.2, 0.25) is 0 Å². The number of aromatic nitrogens is 2. The number of piperidine rings is 1. The molecule has 1 saturated heterocycles. The number of hydrogen-bond donors (Lipinski definition) is 0. The van der Waals surface area contributed by atoms with Crippen LogP contribution in [0, 0.1) is 17.0 Å². The van der Waals surface area contributed by atoms with Crippen molar-refractivity contribution in [3.05, 3.63) is 57.7 Å². The highest BCUT2D eigenvalue weighted by atomic mass is 16.6. The zero-order valence-corrected chi connectivity index (χ0v) is 13.8. The molecule has 1 aromatic carbocycles. The van der Waals surface area contributed by atoms with Crippen LogP contribution in [-0.2, 0) is 4.79 Å². The van der Waals surface area contributed by atoms with Crippen LogP contribution in [0.15, 0.2) is 34.9 Å². The summed E-state index contributed by atoms with van der Waals surface area (Å²) >= 11 is 0. The van der Waals surface area contributed by atoms with Crippen molar-refractivity contribution in [2.75, 3.05) is 13.1 Å². The maximum atomic E-state index is 12.4. The minimum atomic E-state index is -0.458. The van der Waals surface area contributed by atoms with Gasteiger partial charge in [0.1, 0.15) is 0 Å². The molecule has 0 aliphatic carbocycles. The van der Waals surface area contributed by atoms with E-state index in [0.29, 0.717) is 30.4 Å². The van der Waals surface area contributed by atoms with E-state index in [4.69, 9.17) is 4.52 Å². The Morgan fingerprint density at radius 3 is 3.04 bits per heavy atom. The molecular weight excluding hydrogens is 324 g/mol. The molecule has 1 aliphatic rings. The lowest BCUT2D eigenvalue weighted by molar-refractivity contribution is -0.384. The van der Waals surface area contributed by atoms with Crippen molar-refractivity contribution in [2.45, 2.75) is 25.7 Å². The molecule has 1 atom stereocenters. The highest BCUT2D eigenvalue weighted by Crippen LogP contribution is 2.26. The molecule has 1 unspecified atom stereocenters. The van der Waals surface area contributed by atoms with Gasteiger partial charge < -0.3 is 9.42 Å². The first-order valence-corrected chi connectivity index (χ1v) is 8.04. The van der Waals surface area contributed by atoms with Crippen LogP contribution in [0.1, 0.15) is 36.0 Å². The Bertz CT molecular complexity index is 814. The third-order valence-corrected chi connectivity index (χ3v) is 4.12. The molecule has 0 saturated carbocycles. The largest absolute Gasteiger partial charge is 0.339 e. The van der Waals surface area contributed by atoms with Gasteiger partial charge in [-0.25, -0.2) is 0 Å². The number of likely N-dealkylation sites (tertiary alicyclic amines) is 1. The molecule has 1 aliphatic heterocycles. The third-order valence-electron chi connectivity index (χ3n) is 4.12. The van der Waals surface area contributed by atoms with E-state index in [1.165, 1.54) is 18.2 Å². The fraction of sp³-hybridized carbons (Fsp3) is 0.353. The molecule has 0 radical (unpaired) electrons. The first-order chi connectivity index (χ1) is 12.0. The molecule has 1 aromatic heterocycles. The van der Waals surface area contributed by atoms with E-state index in [-0.39, 0.29) is 17.5 Å². The molecule has 2 aromatic rings. The van der Waals surface area contributed by atoms with Gasteiger partial charge in [0, 0.05) is 31.3 Å². The Morgan fingerprint density at radius 1 is 1.48 bits per heavy atom. The molecule has 0 spiro atoms. The van der Waals surface area contributed by atoms with Gasteiger partial charge >= 0.3 is 0 Å². The van der Waals surface area contributed by atoms with Crippen molar-refractivity contribution in [1.82, 2.24) is 15.0 Å². The quantitative estimate of drug-likeness (QED) is 0.481. The number of nitro groups is 1. The van der Waals surface area contributed by atoms with Gasteiger partial charge in [0.2, 0.25) is 11.8 Å². The molecule has 0 N–H and O–H groups in total. The summed E-state index contributed by atoms with van der Waals surface area (Å²) in [5.74, 6) is 1.07. The molecule has 1 fully saturated rings. The zero-order chi connectivity index (χ0) is 17.8. The van der Waals surface area contributed by atoms with Gasteiger partial charge in [-0.2, -0.15) is 4.98 Å². The van der Waals surface area contributed by atoms with Crippen molar-refractivity contribution in [3.8, 4) is 0 Å². The van der Waals surface area contributed by atoms with E-state index in [0.717, 1.165) is 12.8 Å². The highest BCUT2D eigenvalue weighted by Gasteiger charge is 2.27. The summed E-state index contributed by atoms with van der Waals surface area (Å²) in [4.78, 5) is 28.7. The predicted octanol–water partition coefficient (Wildman–Crippen LogP) is 2.71. The van der Waals surface area contributed by atoms with Crippen LogP contribution in [0.25, 0.3) is 6.08 Å². The van der Waals surface area contributed by atoms with Gasteiger partial charge in [0.05, 0.1) is 10.8 Å². The topological polar surface area (TPSA) is 102 Å². The zero-order valence-electron chi connectivity index (χ0n) is 13.8. The third kappa shape index (κ3) is 4.09. The van der Waals surface area contributed by atoms with Crippen molar-refractivity contribution >= 4 is 17.7 Å². The second-order valence-electron chi connectivity index (χ2n) is 5.99.